The molecule has 0 amide bonds. The Bertz CT molecular complexity index is 1310. The molecule has 28 heavy (non-hydrogen) atoms. The number of aryl methyl sites for hydroxylation is 1. The minimum atomic E-state index is -3.92. The summed E-state index contributed by atoms with van der Waals surface area (Å²) in [5.41, 5.74) is 2.15. The van der Waals surface area contributed by atoms with Gasteiger partial charge in [-0.2, -0.15) is 8.75 Å². The van der Waals surface area contributed by atoms with Crippen LogP contribution in [0.15, 0.2) is 47.4 Å². The van der Waals surface area contributed by atoms with Crippen molar-refractivity contribution in [2.45, 2.75) is 24.2 Å². The van der Waals surface area contributed by atoms with Gasteiger partial charge in [-0.3, -0.25) is 4.79 Å². The van der Waals surface area contributed by atoms with Gasteiger partial charge in [0.1, 0.15) is 11.0 Å². The van der Waals surface area contributed by atoms with Crippen LogP contribution in [0, 0.1) is 0 Å². The molecule has 2 aromatic heterocycles. The van der Waals surface area contributed by atoms with E-state index in [1.165, 1.54) is 16.1 Å². The van der Waals surface area contributed by atoms with Crippen LogP contribution >= 0.6 is 23.3 Å². The van der Waals surface area contributed by atoms with E-state index in [9.17, 15) is 13.2 Å². The topological polar surface area (TPSA) is 102 Å². The molecule has 0 fully saturated rings. The summed E-state index contributed by atoms with van der Waals surface area (Å²) in [4.78, 5) is 11.0. The third-order valence-corrected chi connectivity index (χ3v) is 6.93. The summed E-state index contributed by atoms with van der Waals surface area (Å²) in [6.07, 6.45) is 0.584. The monoisotopic (exact) mass is 435 g/mol. The number of fused-ring (bicyclic) bond motifs is 2. The number of carboxylic acid groups (broad SMARTS) is 1. The van der Waals surface area contributed by atoms with Crippen LogP contribution in [-0.4, -0.2) is 32.2 Å². The molecule has 1 N–H and O–H groups in total. The molecule has 4 rings (SSSR count). The lowest BCUT2D eigenvalue weighted by molar-refractivity contribution is -0.137. The minimum Gasteiger partial charge on any atom is -0.481 e. The third-order valence-electron chi connectivity index (χ3n) is 4.38. The van der Waals surface area contributed by atoms with Crippen LogP contribution in [0.4, 0.5) is 0 Å². The Morgan fingerprint density at radius 3 is 2.68 bits per heavy atom. The summed E-state index contributed by atoms with van der Waals surface area (Å²) in [6.45, 7) is 0. The maximum absolute atomic E-state index is 13.4. The fraction of sp³-hybridized carbons (Fsp3) is 0.167. The van der Waals surface area contributed by atoms with Crippen molar-refractivity contribution < 1.29 is 18.3 Å². The molecule has 144 valence electrons. The molecular formula is C18H14ClN3O4S2. The minimum absolute atomic E-state index is 0.0429. The second kappa shape index (κ2) is 7.16. The molecule has 0 aliphatic heterocycles. The molecule has 0 spiro atoms. The molecule has 0 aliphatic carbocycles. The van der Waals surface area contributed by atoms with Gasteiger partial charge in [-0.25, -0.2) is 12.4 Å². The number of halogens is 1. The van der Waals surface area contributed by atoms with E-state index in [1.807, 2.05) is 0 Å². The molecule has 0 atom stereocenters. The highest BCUT2D eigenvalue weighted by Gasteiger charge is 2.24. The fourth-order valence-electron chi connectivity index (χ4n) is 3.12. The van der Waals surface area contributed by atoms with Crippen LogP contribution < -0.4 is 0 Å². The highest BCUT2D eigenvalue weighted by atomic mass is 35.5. The Balaban J connectivity index is 1.87. The van der Waals surface area contributed by atoms with Gasteiger partial charge >= 0.3 is 5.97 Å². The predicted octanol–water partition coefficient (Wildman–Crippen LogP) is 3.94. The first-order valence-electron chi connectivity index (χ1n) is 8.36. The van der Waals surface area contributed by atoms with Crippen molar-refractivity contribution in [3.05, 3.63) is 53.2 Å². The van der Waals surface area contributed by atoms with Gasteiger partial charge in [0, 0.05) is 22.5 Å². The van der Waals surface area contributed by atoms with Crippen LogP contribution in [0.25, 0.3) is 21.9 Å². The van der Waals surface area contributed by atoms with Crippen molar-refractivity contribution >= 4 is 61.3 Å². The van der Waals surface area contributed by atoms with Gasteiger partial charge in [-0.15, -0.1) is 0 Å². The van der Waals surface area contributed by atoms with Gasteiger partial charge in [0.2, 0.25) is 0 Å². The maximum atomic E-state index is 13.4. The van der Waals surface area contributed by atoms with E-state index in [2.05, 4.69) is 8.75 Å². The first-order chi connectivity index (χ1) is 13.4. The molecule has 10 heteroatoms. The third kappa shape index (κ3) is 3.36. The SMILES string of the molecule is O=C(O)CCCc1cc2cc(Cl)ccc2n1S(=O)(=O)c1ccc2nsnc2c1. The molecule has 2 heterocycles. The lowest BCUT2D eigenvalue weighted by Gasteiger charge is -2.12. The summed E-state index contributed by atoms with van der Waals surface area (Å²) in [6, 6.07) is 11.3. The Kier molecular flexibility index (Phi) is 4.82. The number of carboxylic acids is 1. The van der Waals surface area contributed by atoms with Crippen molar-refractivity contribution in [3.63, 3.8) is 0 Å². The van der Waals surface area contributed by atoms with E-state index in [1.54, 1.807) is 30.3 Å². The van der Waals surface area contributed by atoms with Gasteiger partial charge in [0.05, 0.1) is 22.1 Å². The molecule has 0 radical (unpaired) electrons. The van der Waals surface area contributed by atoms with E-state index in [-0.39, 0.29) is 11.3 Å². The smallest absolute Gasteiger partial charge is 0.303 e. The number of aliphatic carboxylic acids is 1. The molecule has 0 saturated carbocycles. The van der Waals surface area contributed by atoms with E-state index in [0.29, 0.717) is 45.5 Å². The van der Waals surface area contributed by atoms with Gasteiger partial charge in [0.25, 0.3) is 10.0 Å². The van der Waals surface area contributed by atoms with Crippen LogP contribution in [0.3, 0.4) is 0 Å². The van der Waals surface area contributed by atoms with Crippen molar-refractivity contribution in [1.82, 2.24) is 12.7 Å². The molecule has 0 bridgehead atoms. The number of hydrogen-bond donors (Lipinski definition) is 1. The van der Waals surface area contributed by atoms with Gasteiger partial charge in [-0.05, 0) is 55.3 Å². The van der Waals surface area contributed by atoms with Crippen molar-refractivity contribution in [2.24, 2.45) is 0 Å². The quantitative estimate of drug-likeness (QED) is 0.492. The van der Waals surface area contributed by atoms with Crippen LogP contribution in [0.1, 0.15) is 18.5 Å². The average Bonchev–Trinajstić information content (AvgIpc) is 3.24. The van der Waals surface area contributed by atoms with E-state index < -0.39 is 16.0 Å². The van der Waals surface area contributed by atoms with Crippen molar-refractivity contribution in [2.75, 3.05) is 0 Å². The predicted molar refractivity (Wildman–Crippen MR) is 108 cm³/mol. The number of aromatic nitrogens is 3. The number of benzene rings is 2. The number of rotatable bonds is 6. The van der Waals surface area contributed by atoms with Crippen LogP contribution in [0.5, 0.6) is 0 Å². The largest absolute Gasteiger partial charge is 0.481 e. The highest BCUT2D eigenvalue weighted by Crippen LogP contribution is 2.29. The van der Waals surface area contributed by atoms with E-state index >= 15 is 0 Å². The standard InChI is InChI=1S/C18H14ClN3O4S2/c19-12-4-7-17-11(8-12)9-13(2-1-3-18(23)24)22(17)28(25,26)14-5-6-15-16(10-14)21-27-20-15/h4-10H,1-3H2,(H,23,24). The first-order valence-corrected chi connectivity index (χ1v) is 10.9. The molecular weight excluding hydrogens is 422 g/mol. The maximum Gasteiger partial charge on any atom is 0.303 e. The molecule has 0 saturated heterocycles. The average molecular weight is 436 g/mol. The molecule has 2 aromatic carbocycles. The summed E-state index contributed by atoms with van der Waals surface area (Å²) in [7, 11) is -3.92. The zero-order valence-corrected chi connectivity index (χ0v) is 16.8. The Hall–Kier alpha value is -2.49. The fourth-order valence-corrected chi connectivity index (χ4v) is 5.41. The van der Waals surface area contributed by atoms with Crippen LogP contribution in [0.2, 0.25) is 5.02 Å². The van der Waals surface area contributed by atoms with Crippen LogP contribution in [-0.2, 0) is 21.2 Å². The Morgan fingerprint density at radius 2 is 1.89 bits per heavy atom. The molecule has 0 aliphatic rings. The summed E-state index contributed by atoms with van der Waals surface area (Å²) in [5.74, 6) is -0.921. The number of hydrogen-bond acceptors (Lipinski definition) is 6. The summed E-state index contributed by atoms with van der Waals surface area (Å²) < 4.78 is 36.4. The first kappa shape index (κ1) is 18.9. The van der Waals surface area contributed by atoms with E-state index in [4.69, 9.17) is 16.7 Å². The zero-order chi connectivity index (χ0) is 19.9. The van der Waals surface area contributed by atoms with Crippen molar-refractivity contribution in [3.8, 4) is 0 Å². The molecule has 7 nitrogen and oxygen atoms in total. The van der Waals surface area contributed by atoms with Crippen molar-refractivity contribution in [1.29, 1.82) is 0 Å². The lowest BCUT2D eigenvalue weighted by Crippen LogP contribution is -2.16. The second-order valence-electron chi connectivity index (χ2n) is 6.27. The summed E-state index contributed by atoms with van der Waals surface area (Å²) >= 11 is 7.08. The summed E-state index contributed by atoms with van der Waals surface area (Å²) in [5, 5.41) is 10.1. The number of carbonyl (C=O) groups is 1. The van der Waals surface area contributed by atoms with Gasteiger partial charge < -0.3 is 5.11 Å². The normalized spacial score (nSPS) is 12.0. The lowest BCUT2D eigenvalue weighted by atomic mass is 10.2. The molecule has 4 aromatic rings. The van der Waals surface area contributed by atoms with E-state index in [0.717, 1.165) is 11.7 Å². The van der Waals surface area contributed by atoms with Gasteiger partial charge in [-0.1, -0.05) is 11.6 Å². The van der Waals surface area contributed by atoms with Gasteiger partial charge in [0.15, 0.2) is 0 Å². The second-order valence-corrected chi connectivity index (χ2v) is 9.02. The Morgan fingerprint density at radius 1 is 1.11 bits per heavy atom. The number of nitrogens with zero attached hydrogens (tertiary/aromatic N) is 3. The zero-order valence-electron chi connectivity index (χ0n) is 14.4. The molecule has 0 unspecified atom stereocenters. The highest BCUT2D eigenvalue weighted by molar-refractivity contribution is 7.90. The Labute approximate surface area is 169 Å².